The Kier molecular flexibility index (Phi) is 5.35. The molecular weight excluding hydrogens is 404 g/mol. The molecule has 0 spiro atoms. The van der Waals surface area contributed by atoms with Crippen LogP contribution in [0.5, 0.6) is 5.75 Å². The van der Waals surface area contributed by atoms with E-state index in [1.54, 1.807) is 24.5 Å². The van der Waals surface area contributed by atoms with E-state index in [0.29, 0.717) is 21.9 Å². The van der Waals surface area contributed by atoms with Gasteiger partial charge < -0.3 is 15.0 Å². The molecule has 0 saturated heterocycles. The molecule has 29 heavy (non-hydrogen) atoms. The number of thiophene rings is 1. The number of methoxy groups -OCH3 is 1. The number of aromatic nitrogens is 1. The fraction of sp³-hybridized carbons (Fsp3) is 0.174. The van der Waals surface area contributed by atoms with Gasteiger partial charge in [-0.2, -0.15) is 11.3 Å². The molecule has 0 radical (unpaired) electrons. The van der Waals surface area contributed by atoms with Crippen LogP contribution in [0.2, 0.25) is 5.02 Å². The molecule has 0 fully saturated rings. The second-order valence-electron chi connectivity index (χ2n) is 7.04. The van der Waals surface area contributed by atoms with E-state index in [9.17, 15) is 4.79 Å². The summed E-state index contributed by atoms with van der Waals surface area (Å²) in [5.74, 6) is 0.536. The molecule has 2 N–H and O–H groups in total. The van der Waals surface area contributed by atoms with E-state index in [2.05, 4.69) is 40.1 Å². The van der Waals surface area contributed by atoms with E-state index < -0.39 is 0 Å². The molecule has 1 atom stereocenters. The maximum absolute atomic E-state index is 12.7. The number of benzene rings is 2. The fourth-order valence-corrected chi connectivity index (χ4v) is 4.57. The predicted molar refractivity (Wildman–Crippen MR) is 123 cm³/mol. The van der Waals surface area contributed by atoms with Crippen molar-refractivity contribution in [3.05, 3.63) is 79.7 Å². The molecule has 0 aliphatic carbocycles. The fourth-order valence-electron chi connectivity index (χ4n) is 3.46. The van der Waals surface area contributed by atoms with Gasteiger partial charge in [-0.05, 0) is 65.6 Å². The lowest BCUT2D eigenvalue weighted by Crippen LogP contribution is -2.19. The summed E-state index contributed by atoms with van der Waals surface area (Å²) in [5.41, 5.74) is 5.83. The molecule has 1 unspecified atom stereocenters. The maximum atomic E-state index is 12.7. The molecule has 0 saturated carbocycles. The number of hydrogen-bond donors (Lipinski definition) is 2. The first-order valence-corrected chi connectivity index (χ1v) is 10.6. The zero-order valence-electron chi connectivity index (χ0n) is 16.4. The van der Waals surface area contributed by atoms with Crippen LogP contribution in [0.1, 0.15) is 24.1 Å². The van der Waals surface area contributed by atoms with Gasteiger partial charge in [0, 0.05) is 22.7 Å². The van der Waals surface area contributed by atoms with E-state index in [4.69, 9.17) is 16.3 Å². The van der Waals surface area contributed by atoms with Crippen molar-refractivity contribution in [2.45, 2.75) is 19.9 Å². The van der Waals surface area contributed by atoms with Gasteiger partial charge in [-0.1, -0.05) is 23.7 Å². The third-order valence-corrected chi connectivity index (χ3v) is 6.18. The van der Waals surface area contributed by atoms with E-state index in [1.807, 2.05) is 31.2 Å². The van der Waals surface area contributed by atoms with Gasteiger partial charge in [0.1, 0.15) is 5.75 Å². The number of anilines is 1. The van der Waals surface area contributed by atoms with Crippen LogP contribution in [0.25, 0.3) is 22.0 Å². The minimum atomic E-state index is -0.178. The molecule has 0 bridgehead atoms. The SMILES string of the molecule is COc1cc2[nH]c(=O)c(C(C)Nc3cccc(-c4cscc4C)c3)cc2cc1Cl. The minimum absolute atomic E-state index is 0.133. The van der Waals surface area contributed by atoms with Crippen molar-refractivity contribution in [2.75, 3.05) is 12.4 Å². The summed E-state index contributed by atoms with van der Waals surface area (Å²) in [5, 5.41) is 9.12. The summed E-state index contributed by atoms with van der Waals surface area (Å²) < 4.78 is 5.23. The highest BCUT2D eigenvalue weighted by Gasteiger charge is 2.13. The average molecular weight is 425 g/mol. The van der Waals surface area contributed by atoms with Crippen molar-refractivity contribution in [1.29, 1.82) is 0 Å². The predicted octanol–water partition coefficient (Wildman–Crippen LogP) is 6.40. The van der Waals surface area contributed by atoms with Crippen molar-refractivity contribution in [2.24, 2.45) is 0 Å². The molecule has 0 aliphatic rings. The second-order valence-corrected chi connectivity index (χ2v) is 8.19. The van der Waals surface area contributed by atoms with Crippen LogP contribution < -0.4 is 15.6 Å². The summed E-state index contributed by atoms with van der Waals surface area (Å²) in [7, 11) is 1.55. The van der Waals surface area contributed by atoms with Gasteiger partial charge >= 0.3 is 0 Å². The largest absolute Gasteiger partial charge is 0.495 e. The zero-order chi connectivity index (χ0) is 20.5. The molecule has 6 heteroatoms. The second kappa shape index (κ2) is 7.93. The number of fused-ring (bicyclic) bond motifs is 1. The van der Waals surface area contributed by atoms with Crippen LogP contribution in [0.3, 0.4) is 0 Å². The molecule has 2 aromatic carbocycles. The Morgan fingerprint density at radius 2 is 2.00 bits per heavy atom. The van der Waals surface area contributed by atoms with Crippen molar-refractivity contribution < 1.29 is 4.74 Å². The monoisotopic (exact) mass is 424 g/mol. The summed E-state index contributed by atoms with van der Waals surface area (Å²) in [6.07, 6.45) is 0. The highest BCUT2D eigenvalue weighted by molar-refractivity contribution is 7.08. The van der Waals surface area contributed by atoms with Crippen LogP contribution in [0, 0.1) is 6.92 Å². The normalized spacial score (nSPS) is 12.1. The van der Waals surface area contributed by atoms with Crippen LogP contribution >= 0.6 is 22.9 Å². The Labute approximate surface area is 178 Å². The Morgan fingerprint density at radius 3 is 2.72 bits per heavy atom. The topological polar surface area (TPSA) is 54.1 Å². The van der Waals surface area contributed by atoms with E-state index in [0.717, 1.165) is 16.6 Å². The highest BCUT2D eigenvalue weighted by Crippen LogP contribution is 2.31. The smallest absolute Gasteiger partial charge is 0.253 e. The van der Waals surface area contributed by atoms with Gasteiger partial charge in [-0.3, -0.25) is 4.79 Å². The lowest BCUT2D eigenvalue weighted by molar-refractivity contribution is 0.415. The Bertz CT molecular complexity index is 1250. The van der Waals surface area contributed by atoms with Gasteiger partial charge in [0.25, 0.3) is 5.56 Å². The van der Waals surface area contributed by atoms with Crippen LogP contribution in [0.4, 0.5) is 5.69 Å². The number of pyridine rings is 1. The number of halogens is 1. The Hall–Kier alpha value is -2.76. The van der Waals surface area contributed by atoms with Gasteiger partial charge in [-0.15, -0.1) is 0 Å². The van der Waals surface area contributed by atoms with Crippen molar-refractivity contribution >= 4 is 39.5 Å². The lowest BCUT2D eigenvalue weighted by atomic mass is 10.0. The molecule has 4 nitrogen and oxygen atoms in total. The number of aryl methyl sites for hydroxylation is 1. The lowest BCUT2D eigenvalue weighted by Gasteiger charge is -2.17. The first-order chi connectivity index (χ1) is 14.0. The third-order valence-electron chi connectivity index (χ3n) is 5.02. The molecule has 2 heterocycles. The van der Waals surface area contributed by atoms with Crippen molar-refractivity contribution in [3.63, 3.8) is 0 Å². The van der Waals surface area contributed by atoms with Gasteiger partial charge in [0.05, 0.1) is 23.7 Å². The number of H-pyrrole nitrogens is 1. The summed E-state index contributed by atoms with van der Waals surface area (Å²) in [6.45, 7) is 4.09. The maximum Gasteiger partial charge on any atom is 0.253 e. The molecule has 0 aliphatic heterocycles. The number of ether oxygens (including phenoxy) is 1. The van der Waals surface area contributed by atoms with Crippen molar-refractivity contribution in [3.8, 4) is 16.9 Å². The molecule has 2 aromatic heterocycles. The number of hydrogen-bond acceptors (Lipinski definition) is 4. The van der Waals surface area contributed by atoms with E-state index >= 15 is 0 Å². The van der Waals surface area contributed by atoms with E-state index in [-0.39, 0.29) is 11.6 Å². The summed E-state index contributed by atoms with van der Waals surface area (Å²) >= 11 is 7.95. The van der Waals surface area contributed by atoms with Gasteiger partial charge in [-0.25, -0.2) is 0 Å². The first-order valence-electron chi connectivity index (χ1n) is 9.26. The highest BCUT2D eigenvalue weighted by atomic mass is 35.5. The van der Waals surface area contributed by atoms with Crippen LogP contribution in [-0.2, 0) is 0 Å². The van der Waals surface area contributed by atoms with Crippen LogP contribution in [0.15, 0.2) is 58.0 Å². The minimum Gasteiger partial charge on any atom is -0.495 e. The van der Waals surface area contributed by atoms with Gasteiger partial charge in [0.15, 0.2) is 0 Å². The molecule has 4 rings (SSSR count). The van der Waals surface area contributed by atoms with Crippen molar-refractivity contribution in [1.82, 2.24) is 4.98 Å². The van der Waals surface area contributed by atoms with E-state index in [1.165, 1.54) is 11.1 Å². The Morgan fingerprint density at radius 1 is 1.17 bits per heavy atom. The molecule has 4 aromatic rings. The molecular formula is C23H21ClN2O2S. The summed E-state index contributed by atoms with van der Waals surface area (Å²) in [4.78, 5) is 15.6. The van der Waals surface area contributed by atoms with Gasteiger partial charge in [0.2, 0.25) is 0 Å². The number of nitrogens with one attached hydrogen (secondary N) is 2. The summed E-state index contributed by atoms with van der Waals surface area (Å²) in [6, 6.07) is 13.5. The number of rotatable bonds is 5. The molecule has 148 valence electrons. The standard InChI is InChI=1S/C23H21ClN2O2S/c1-13-11-29-12-19(13)15-5-4-6-17(7-15)25-14(2)18-8-16-9-20(24)22(28-3)10-21(16)26-23(18)27/h4-12,14,25H,1-3H3,(H,26,27). The average Bonchev–Trinajstić information content (AvgIpc) is 3.13. The third kappa shape index (κ3) is 3.88. The van der Waals surface area contributed by atoms with Crippen LogP contribution in [-0.4, -0.2) is 12.1 Å². The first kappa shape index (κ1) is 19.6. The number of aromatic amines is 1. The quantitative estimate of drug-likeness (QED) is 0.389. The molecule has 0 amide bonds. The Balaban J connectivity index is 1.66. The zero-order valence-corrected chi connectivity index (χ0v) is 17.9.